The van der Waals surface area contributed by atoms with Crippen molar-refractivity contribution in [3.63, 3.8) is 0 Å². The molecule has 2 heterocycles. The Kier molecular flexibility index (Phi) is 5.17. The molecule has 114 valence electrons. The summed E-state index contributed by atoms with van der Waals surface area (Å²) < 4.78 is 0. The van der Waals surface area contributed by atoms with Crippen LogP contribution >= 0.6 is 11.8 Å². The minimum Gasteiger partial charge on any atom is -0.351 e. The van der Waals surface area contributed by atoms with E-state index in [9.17, 15) is 4.79 Å². The molecule has 2 aliphatic rings. The van der Waals surface area contributed by atoms with Crippen molar-refractivity contribution >= 4 is 17.7 Å². The quantitative estimate of drug-likeness (QED) is 0.875. The zero-order valence-electron chi connectivity index (χ0n) is 12.4. The molecule has 0 spiro atoms. The molecule has 1 fully saturated rings. The van der Waals surface area contributed by atoms with Crippen LogP contribution in [0.1, 0.15) is 21.5 Å². The molecule has 0 unspecified atom stereocenters. The Morgan fingerprint density at radius 3 is 3.05 bits per heavy atom. The van der Waals surface area contributed by atoms with Crippen LogP contribution in [0.4, 0.5) is 0 Å². The van der Waals surface area contributed by atoms with E-state index >= 15 is 0 Å². The van der Waals surface area contributed by atoms with Crippen molar-refractivity contribution in [2.24, 2.45) is 0 Å². The van der Waals surface area contributed by atoms with Gasteiger partial charge in [0.1, 0.15) is 0 Å². The second kappa shape index (κ2) is 7.29. The number of benzene rings is 1. The monoisotopic (exact) mass is 305 g/mol. The first-order chi connectivity index (χ1) is 10.3. The van der Waals surface area contributed by atoms with Crippen LogP contribution in [0.2, 0.25) is 0 Å². The minimum atomic E-state index is 0.0835. The number of thioether (sulfide) groups is 1. The summed E-state index contributed by atoms with van der Waals surface area (Å²) in [6.07, 6.45) is 0.947. The Labute approximate surface area is 130 Å². The number of hydrogen-bond donors (Lipinski definition) is 2. The third-order valence-corrected chi connectivity index (χ3v) is 5.14. The van der Waals surface area contributed by atoms with Gasteiger partial charge in [-0.15, -0.1) is 0 Å². The number of hydrogen-bond acceptors (Lipinski definition) is 4. The standard InChI is InChI=1S/C16H23N3OS/c20-16(18-6-7-19-8-10-21-11-9-19)15-3-1-2-13-12-17-5-4-14(13)15/h1-3,17H,4-12H2,(H,18,20). The van der Waals surface area contributed by atoms with Gasteiger partial charge in [0.25, 0.3) is 5.91 Å². The van der Waals surface area contributed by atoms with Crippen LogP contribution in [0.3, 0.4) is 0 Å². The summed E-state index contributed by atoms with van der Waals surface area (Å²) in [4.78, 5) is 14.8. The van der Waals surface area contributed by atoms with E-state index in [1.54, 1.807) is 0 Å². The second-order valence-corrected chi connectivity index (χ2v) is 6.80. The highest BCUT2D eigenvalue weighted by Gasteiger charge is 2.17. The van der Waals surface area contributed by atoms with Gasteiger partial charge in [0, 0.05) is 49.8 Å². The van der Waals surface area contributed by atoms with Gasteiger partial charge in [0.2, 0.25) is 0 Å². The lowest BCUT2D eigenvalue weighted by atomic mass is 9.95. The third kappa shape index (κ3) is 3.78. The lowest BCUT2D eigenvalue weighted by molar-refractivity contribution is 0.0947. The van der Waals surface area contributed by atoms with E-state index in [1.807, 2.05) is 23.9 Å². The first-order valence-corrected chi connectivity index (χ1v) is 8.90. The highest BCUT2D eigenvalue weighted by atomic mass is 32.2. The zero-order chi connectivity index (χ0) is 14.5. The molecule has 1 aromatic rings. The summed E-state index contributed by atoms with van der Waals surface area (Å²) in [6.45, 7) is 5.83. The van der Waals surface area contributed by atoms with Crippen molar-refractivity contribution in [2.45, 2.75) is 13.0 Å². The fourth-order valence-corrected chi connectivity index (χ4v) is 3.97. The van der Waals surface area contributed by atoms with Crippen molar-refractivity contribution < 1.29 is 4.79 Å². The summed E-state index contributed by atoms with van der Waals surface area (Å²) in [7, 11) is 0. The molecule has 21 heavy (non-hydrogen) atoms. The molecule has 0 atom stereocenters. The Balaban J connectivity index is 1.55. The van der Waals surface area contributed by atoms with Crippen molar-refractivity contribution in [1.82, 2.24) is 15.5 Å². The average Bonchev–Trinajstić information content (AvgIpc) is 2.55. The van der Waals surface area contributed by atoms with Crippen LogP contribution in [0, 0.1) is 0 Å². The number of nitrogens with zero attached hydrogens (tertiary/aromatic N) is 1. The van der Waals surface area contributed by atoms with E-state index in [-0.39, 0.29) is 5.91 Å². The fraction of sp³-hybridized carbons (Fsp3) is 0.562. The highest BCUT2D eigenvalue weighted by molar-refractivity contribution is 7.99. The van der Waals surface area contributed by atoms with Crippen LogP contribution < -0.4 is 10.6 Å². The lowest BCUT2D eigenvalue weighted by Gasteiger charge is -2.26. The van der Waals surface area contributed by atoms with Gasteiger partial charge in [0.15, 0.2) is 0 Å². The largest absolute Gasteiger partial charge is 0.351 e. The lowest BCUT2D eigenvalue weighted by Crippen LogP contribution is -2.39. The maximum absolute atomic E-state index is 12.4. The van der Waals surface area contributed by atoms with Gasteiger partial charge >= 0.3 is 0 Å². The molecule has 1 amide bonds. The van der Waals surface area contributed by atoms with Crippen molar-refractivity contribution in [3.8, 4) is 0 Å². The van der Waals surface area contributed by atoms with Crippen molar-refractivity contribution in [3.05, 3.63) is 34.9 Å². The molecule has 0 aromatic heterocycles. The minimum absolute atomic E-state index is 0.0835. The van der Waals surface area contributed by atoms with E-state index in [0.29, 0.717) is 0 Å². The van der Waals surface area contributed by atoms with E-state index in [0.717, 1.165) is 51.3 Å². The van der Waals surface area contributed by atoms with Crippen molar-refractivity contribution in [2.75, 3.05) is 44.2 Å². The summed E-state index contributed by atoms with van der Waals surface area (Å²) >= 11 is 2.02. The zero-order valence-corrected chi connectivity index (χ0v) is 13.2. The molecule has 1 aromatic carbocycles. The maximum atomic E-state index is 12.4. The van der Waals surface area contributed by atoms with Gasteiger partial charge in [-0.2, -0.15) is 11.8 Å². The van der Waals surface area contributed by atoms with Crippen LogP contribution in [0.15, 0.2) is 18.2 Å². The van der Waals surface area contributed by atoms with Crippen LogP contribution in [0.25, 0.3) is 0 Å². The van der Waals surface area contributed by atoms with Gasteiger partial charge in [-0.05, 0) is 30.2 Å². The molecule has 2 aliphatic heterocycles. The molecule has 0 saturated carbocycles. The van der Waals surface area contributed by atoms with E-state index in [1.165, 1.54) is 22.6 Å². The van der Waals surface area contributed by atoms with Crippen LogP contribution in [-0.4, -0.2) is 55.0 Å². The normalized spacial score (nSPS) is 19.0. The van der Waals surface area contributed by atoms with Gasteiger partial charge in [-0.3, -0.25) is 9.69 Å². The van der Waals surface area contributed by atoms with Crippen LogP contribution in [0.5, 0.6) is 0 Å². The predicted molar refractivity (Wildman–Crippen MR) is 88.0 cm³/mol. The fourth-order valence-electron chi connectivity index (χ4n) is 2.99. The number of amides is 1. The Bertz CT molecular complexity index is 500. The topological polar surface area (TPSA) is 44.4 Å². The molecular formula is C16H23N3OS. The van der Waals surface area contributed by atoms with E-state index < -0.39 is 0 Å². The van der Waals surface area contributed by atoms with Crippen LogP contribution in [-0.2, 0) is 13.0 Å². The van der Waals surface area contributed by atoms with Gasteiger partial charge in [0.05, 0.1) is 0 Å². The first-order valence-electron chi connectivity index (χ1n) is 7.74. The van der Waals surface area contributed by atoms with Gasteiger partial charge in [-0.25, -0.2) is 0 Å². The summed E-state index contributed by atoms with van der Waals surface area (Å²) in [5, 5.41) is 6.44. The molecule has 3 rings (SSSR count). The first kappa shape index (κ1) is 14.9. The number of carbonyl (C=O) groups is 1. The molecule has 5 heteroatoms. The van der Waals surface area contributed by atoms with E-state index in [4.69, 9.17) is 0 Å². The Hall–Kier alpha value is -1.04. The van der Waals surface area contributed by atoms with E-state index in [2.05, 4.69) is 21.6 Å². The Morgan fingerprint density at radius 1 is 1.33 bits per heavy atom. The smallest absolute Gasteiger partial charge is 0.251 e. The summed E-state index contributed by atoms with van der Waals surface area (Å²) in [5.74, 6) is 2.51. The SMILES string of the molecule is O=C(NCCN1CCSCC1)c1cccc2c1CCNC2. The summed E-state index contributed by atoms with van der Waals surface area (Å²) in [5.41, 5.74) is 3.35. The molecule has 0 radical (unpaired) electrons. The number of carbonyl (C=O) groups excluding carboxylic acids is 1. The molecule has 2 N–H and O–H groups in total. The average molecular weight is 305 g/mol. The van der Waals surface area contributed by atoms with Crippen molar-refractivity contribution in [1.29, 1.82) is 0 Å². The number of fused-ring (bicyclic) bond motifs is 1. The second-order valence-electron chi connectivity index (χ2n) is 5.58. The number of nitrogens with one attached hydrogen (secondary N) is 2. The van der Waals surface area contributed by atoms with Gasteiger partial charge in [-0.1, -0.05) is 12.1 Å². The Morgan fingerprint density at radius 2 is 2.19 bits per heavy atom. The number of rotatable bonds is 4. The highest BCUT2D eigenvalue weighted by Crippen LogP contribution is 2.18. The van der Waals surface area contributed by atoms with Gasteiger partial charge < -0.3 is 10.6 Å². The predicted octanol–water partition coefficient (Wildman–Crippen LogP) is 1.11. The third-order valence-electron chi connectivity index (χ3n) is 4.20. The maximum Gasteiger partial charge on any atom is 0.251 e. The molecule has 0 bridgehead atoms. The molecule has 1 saturated heterocycles. The molecular weight excluding hydrogens is 282 g/mol. The molecule has 0 aliphatic carbocycles. The molecule has 4 nitrogen and oxygen atoms in total. The summed E-state index contributed by atoms with van der Waals surface area (Å²) in [6, 6.07) is 6.06.